The predicted molar refractivity (Wildman–Crippen MR) is 154 cm³/mol. The van der Waals surface area contributed by atoms with Gasteiger partial charge in [0.15, 0.2) is 0 Å². The summed E-state index contributed by atoms with van der Waals surface area (Å²) in [4.78, 5) is 28.1. The number of likely N-dealkylation sites (N-methyl/N-ethyl adjacent to an activating group) is 1. The molecule has 0 aliphatic carbocycles. The summed E-state index contributed by atoms with van der Waals surface area (Å²) in [6.45, 7) is 6.14. The number of nitrogens with one attached hydrogen (secondary N) is 1. The van der Waals surface area contributed by atoms with E-state index in [1.54, 1.807) is 24.3 Å². The maximum absolute atomic E-state index is 13.7. The number of hydrogen-bond acceptors (Lipinski definition) is 5. The van der Waals surface area contributed by atoms with E-state index < -0.39 is 28.5 Å². The lowest BCUT2D eigenvalue weighted by Gasteiger charge is -2.33. The smallest absolute Gasteiger partial charge is 0.244 e. The maximum atomic E-state index is 13.7. The van der Waals surface area contributed by atoms with E-state index in [4.69, 9.17) is 4.74 Å². The van der Waals surface area contributed by atoms with Crippen molar-refractivity contribution in [3.05, 3.63) is 95.6 Å². The summed E-state index contributed by atoms with van der Waals surface area (Å²) in [7, 11) is -3.81. The fraction of sp³-hybridized carbons (Fsp3) is 0.333. The molecular weight excluding hydrogens is 514 g/mol. The molecule has 39 heavy (non-hydrogen) atoms. The Kier molecular flexibility index (Phi) is 10.5. The molecule has 0 aliphatic heterocycles. The minimum absolute atomic E-state index is 0.186. The Balaban J connectivity index is 1.85. The lowest BCUT2D eigenvalue weighted by atomic mass is 10.1. The summed E-state index contributed by atoms with van der Waals surface area (Å²) in [5, 5.41) is 2.80. The molecule has 2 amide bonds. The lowest BCUT2D eigenvalue weighted by molar-refractivity contribution is -0.140. The number of carbonyl (C=O) groups excluding carboxylic acids is 2. The van der Waals surface area contributed by atoms with Gasteiger partial charge in [-0.25, -0.2) is 8.42 Å². The zero-order chi connectivity index (χ0) is 28.4. The van der Waals surface area contributed by atoms with Crippen molar-refractivity contribution in [1.82, 2.24) is 10.2 Å². The van der Waals surface area contributed by atoms with E-state index in [9.17, 15) is 18.0 Å². The first-order valence-corrected chi connectivity index (χ1v) is 14.8. The van der Waals surface area contributed by atoms with Crippen LogP contribution in [0.1, 0.15) is 37.0 Å². The van der Waals surface area contributed by atoms with E-state index in [-0.39, 0.29) is 12.5 Å². The topological polar surface area (TPSA) is 96.0 Å². The minimum atomic E-state index is -3.81. The van der Waals surface area contributed by atoms with Crippen molar-refractivity contribution >= 4 is 27.5 Å². The van der Waals surface area contributed by atoms with Gasteiger partial charge < -0.3 is 15.0 Å². The van der Waals surface area contributed by atoms with Gasteiger partial charge in [-0.15, -0.1) is 0 Å². The van der Waals surface area contributed by atoms with Crippen molar-refractivity contribution in [2.45, 2.75) is 46.4 Å². The molecule has 0 bridgehead atoms. The molecule has 1 atom stereocenters. The van der Waals surface area contributed by atoms with Gasteiger partial charge in [-0.05, 0) is 61.2 Å². The second kappa shape index (κ2) is 13.8. The highest BCUT2D eigenvalue weighted by atomic mass is 32.2. The number of aryl methyl sites for hydroxylation is 1. The van der Waals surface area contributed by atoms with E-state index in [1.807, 2.05) is 75.4 Å². The zero-order valence-electron chi connectivity index (χ0n) is 23.0. The van der Waals surface area contributed by atoms with Crippen LogP contribution in [0.5, 0.6) is 5.75 Å². The molecule has 1 N–H and O–H groups in total. The number of carbonyl (C=O) groups is 2. The van der Waals surface area contributed by atoms with Crippen LogP contribution in [0.4, 0.5) is 5.69 Å². The molecule has 0 radical (unpaired) electrons. The van der Waals surface area contributed by atoms with Gasteiger partial charge in [0.05, 0.1) is 11.9 Å². The van der Waals surface area contributed by atoms with Crippen LogP contribution in [0, 0.1) is 6.92 Å². The molecule has 0 fully saturated rings. The lowest BCUT2D eigenvalue weighted by Crippen LogP contribution is -2.52. The van der Waals surface area contributed by atoms with E-state index in [1.165, 1.54) is 4.90 Å². The van der Waals surface area contributed by atoms with Gasteiger partial charge in [0, 0.05) is 13.1 Å². The standard InChI is InChI=1S/C30H37N3O5S/c1-5-28(30(35)31-6-2)32(20-25-15-11-10-12-23(25)3)29(34)21-33(39(4,36)37)26-16-18-27(19-17-26)38-22-24-13-8-7-9-14-24/h7-19,28H,5-6,20-22H2,1-4H3,(H,31,35)/t28-/m0/s1. The Bertz CT molecular complexity index is 1340. The largest absolute Gasteiger partial charge is 0.489 e. The van der Waals surface area contributed by atoms with Crippen LogP contribution < -0.4 is 14.4 Å². The first kappa shape index (κ1) is 29.7. The normalized spacial score (nSPS) is 11.9. The summed E-state index contributed by atoms with van der Waals surface area (Å²) >= 11 is 0. The zero-order valence-corrected chi connectivity index (χ0v) is 23.8. The second-order valence-electron chi connectivity index (χ2n) is 9.30. The van der Waals surface area contributed by atoms with Gasteiger partial charge in [0.1, 0.15) is 24.9 Å². The van der Waals surface area contributed by atoms with Crippen molar-refractivity contribution in [2.24, 2.45) is 0 Å². The molecule has 3 aromatic rings. The van der Waals surface area contributed by atoms with Crippen LogP contribution in [0.3, 0.4) is 0 Å². The Morgan fingerprint density at radius 2 is 1.56 bits per heavy atom. The second-order valence-corrected chi connectivity index (χ2v) is 11.2. The number of rotatable bonds is 13. The molecular formula is C30H37N3O5S. The Labute approximate surface area is 231 Å². The highest BCUT2D eigenvalue weighted by molar-refractivity contribution is 7.92. The number of benzene rings is 3. The third-order valence-electron chi connectivity index (χ3n) is 6.39. The predicted octanol–water partition coefficient (Wildman–Crippen LogP) is 4.28. The number of sulfonamides is 1. The van der Waals surface area contributed by atoms with Gasteiger partial charge >= 0.3 is 0 Å². The molecule has 9 heteroatoms. The number of hydrogen-bond donors (Lipinski definition) is 1. The van der Waals surface area contributed by atoms with Gasteiger partial charge in [-0.3, -0.25) is 13.9 Å². The molecule has 0 heterocycles. The Morgan fingerprint density at radius 3 is 2.15 bits per heavy atom. The molecule has 8 nitrogen and oxygen atoms in total. The van der Waals surface area contributed by atoms with Crippen LogP contribution in [-0.2, 0) is 32.8 Å². The fourth-order valence-corrected chi connectivity index (χ4v) is 5.10. The average Bonchev–Trinajstić information content (AvgIpc) is 2.92. The number of anilines is 1. The first-order chi connectivity index (χ1) is 18.6. The van der Waals surface area contributed by atoms with Crippen molar-refractivity contribution in [3.63, 3.8) is 0 Å². The number of nitrogens with zero attached hydrogens (tertiary/aromatic N) is 2. The van der Waals surface area contributed by atoms with Crippen LogP contribution in [0.25, 0.3) is 0 Å². The molecule has 0 spiro atoms. The Morgan fingerprint density at radius 1 is 0.923 bits per heavy atom. The summed E-state index contributed by atoms with van der Waals surface area (Å²) < 4.78 is 32.5. The first-order valence-electron chi connectivity index (χ1n) is 13.0. The van der Waals surface area contributed by atoms with Gasteiger partial charge in [0.2, 0.25) is 21.8 Å². The van der Waals surface area contributed by atoms with Gasteiger partial charge in [-0.2, -0.15) is 0 Å². The van der Waals surface area contributed by atoms with Crippen LogP contribution >= 0.6 is 0 Å². The average molecular weight is 552 g/mol. The molecule has 208 valence electrons. The SMILES string of the molecule is CCNC(=O)[C@H](CC)N(Cc1ccccc1C)C(=O)CN(c1ccc(OCc2ccccc2)cc1)S(C)(=O)=O. The number of amides is 2. The molecule has 3 aromatic carbocycles. The quantitative estimate of drug-likeness (QED) is 0.342. The summed E-state index contributed by atoms with van der Waals surface area (Å²) in [6, 6.07) is 23.2. The van der Waals surface area contributed by atoms with Crippen molar-refractivity contribution in [2.75, 3.05) is 23.7 Å². The number of ether oxygens (including phenoxy) is 1. The van der Waals surface area contributed by atoms with Gasteiger partial charge in [0.25, 0.3) is 0 Å². The summed E-state index contributed by atoms with van der Waals surface area (Å²) in [5.41, 5.74) is 3.21. The summed E-state index contributed by atoms with van der Waals surface area (Å²) in [6.07, 6.45) is 1.45. The third kappa shape index (κ3) is 8.32. The van der Waals surface area contributed by atoms with E-state index in [2.05, 4.69) is 5.32 Å². The van der Waals surface area contributed by atoms with E-state index >= 15 is 0 Å². The molecule has 0 saturated heterocycles. The highest BCUT2D eigenvalue weighted by Crippen LogP contribution is 2.24. The summed E-state index contributed by atoms with van der Waals surface area (Å²) in [5.74, 6) is -0.162. The minimum Gasteiger partial charge on any atom is -0.489 e. The van der Waals surface area contributed by atoms with Crippen molar-refractivity contribution < 1.29 is 22.7 Å². The molecule has 0 saturated carbocycles. The van der Waals surface area contributed by atoms with Crippen molar-refractivity contribution in [1.29, 1.82) is 0 Å². The molecule has 0 aliphatic rings. The molecule has 0 aromatic heterocycles. The maximum Gasteiger partial charge on any atom is 0.244 e. The molecule has 0 unspecified atom stereocenters. The van der Waals surface area contributed by atoms with Crippen LogP contribution in [-0.4, -0.2) is 50.5 Å². The monoisotopic (exact) mass is 551 g/mol. The third-order valence-corrected chi connectivity index (χ3v) is 7.53. The molecule has 3 rings (SSSR count). The van der Waals surface area contributed by atoms with Gasteiger partial charge in [-0.1, -0.05) is 61.5 Å². The van der Waals surface area contributed by atoms with E-state index in [0.29, 0.717) is 31.0 Å². The van der Waals surface area contributed by atoms with E-state index in [0.717, 1.165) is 27.3 Å². The van der Waals surface area contributed by atoms with Crippen molar-refractivity contribution in [3.8, 4) is 5.75 Å². The van der Waals surface area contributed by atoms with Crippen LogP contribution in [0.2, 0.25) is 0 Å². The van der Waals surface area contributed by atoms with Crippen LogP contribution in [0.15, 0.2) is 78.9 Å². The fourth-order valence-electron chi connectivity index (χ4n) is 4.25. The highest BCUT2D eigenvalue weighted by Gasteiger charge is 2.31. The Hall–Kier alpha value is -3.85.